The van der Waals surface area contributed by atoms with E-state index in [9.17, 15) is 18.1 Å². The summed E-state index contributed by atoms with van der Waals surface area (Å²) in [6.07, 6.45) is 12.7. The Hall–Kier alpha value is 1.51. The van der Waals surface area contributed by atoms with Gasteiger partial charge in [-0.15, -0.1) is 0 Å². The van der Waals surface area contributed by atoms with Crippen molar-refractivity contribution in [1.82, 2.24) is 0 Å². The molecule has 0 aliphatic carbocycles. The fourth-order valence-corrected chi connectivity index (χ4v) is 3.90. The number of unbranched alkanes of at least 4 members (excludes halogenated alkanes) is 7. The molecule has 4 nitrogen and oxygen atoms in total. The zero-order valence-electron chi connectivity index (χ0n) is 16.1. The van der Waals surface area contributed by atoms with E-state index in [0.717, 1.165) is 77.0 Å². The molecule has 0 rings (SSSR count). The van der Waals surface area contributed by atoms with Crippen LogP contribution < -0.4 is 51.4 Å². The van der Waals surface area contributed by atoms with Crippen molar-refractivity contribution >= 4 is 10.1 Å². The predicted octanol–water partition coefficient (Wildman–Crippen LogP) is 1.77. The van der Waals surface area contributed by atoms with Crippen LogP contribution >= 0.6 is 0 Å². The molecule has 2 atom stereocenters. The molecule has 1 N–H and O–H groups in total. The third-order valence-electron chi connectivity index (χ3n) is 4.47. The van der Waals surface area contributed by atoms with Gasteiger partial charge in [0, 0.05) is 5.25 Å². The molecule has 6 heteroatoms. The second-order valence-electron chi connectivity index (χ2n) is 6.75. The Morgan fingerprint density at radius 1 is 0.750 bits per heavy atom. The third kappa shape index (κ3) is 16.9. The number of aliphatic hydroxyl groups is 1. The summed E-state index contributed by atoms with van der Waals surface area (Å²) < 4.78 is 33.9. The van der Waals surface area contributed by atoms with Crippen LogP contribution in [0.15, 0.2) is 0 Å². The maximum atomic E-state index is 11.3. The van der Waals surface area contributed by atoms with Gasteiger partial charge in [-0.2, -0.15) is 0 Å². The van der Waals surface area contributed by atoms with Crippen molar-refractivity contribution in [3.8, 4) is 0 Å². The average Bonchev–Trinajstić information content (AvgIpc) is 2.47. The van der Waals surface area contributed by atoms with E-state index in [4.69, 9.17) is 0 Å². The largest absolute Gasteiger partial charge is 1.00 e. The predicted molar refractivity (Wildman–Crippen MR) is 95.5 cm³/mol. The third-order valence-corrected chi connectivity index (χ3v) is 5.76. The van der Waals surface area contributed by atoms with Crippen LogP contribution in [0.25, 0.3) is 0 Å². The molecule has 0 fully saturated rings. The van der Waals surface area contributed by atoms with Crippen LogP contribution in [0.5, 0.6) is 0 Å². The smallest absolute Gasteiger partial charge is 0.748 e. The molecule has 0 aliphatic heterocycles. The van der Waals surface area contributed by atoms with Crippen LogP contribution in [0.1, 0.15) is 104 Å². The van der Waals surface area contributed by atoms with Crippen molar-refractivity contribution in [2.45, 2.75) is 115 Å². The molecule has 24 heavy (non-hydrogen) atoms. The van der Waals surface area contributed by atoms with Gasteiger partial charge in [0.25, 0.3) is 0 Å². The minimum atomic E-state index is -4.15. The van der Waals surface area contributed by atoms with E-state index in [2.05, 4.69) is 13.8 Å². The summed E-state index contributed by atoms with van der Waals surface area (Å²) in [4.78, 5) is 0. The fraction of sp³-hybridized carbons (Fsp3) is 1.00. The van der Waals surface area contributed by atoms with Gasteiger partial charge in [0.2, 0.25) is 0 Å². The fourth-order valence-electron chi connectivity index (χ4n) is 2.99. The maximum Gasteiger partial charge on any atom is 1.00 e. The normalized spacial score (nSPS) is 14.2. The minimum absolute atomic E-state index is 0. The summed E-state index contributed by atoms with van der Waals surface area (Å²) in [5.41, 5.74) is 0. The second kappa shape index (κ2) is 17.9. The van der Waals surface area contributed by atoms with Crippen LogP contribution in [0.3, 0.4) is 0 Å². The Kier molecular flexibility index (Phi) is 20.7. The van der Waals surface area contributed by atoms with Crippen LogP contribution in [-0.2, 0) is 10.1 Å². The van der Waals surface area contributed by atoms with E-state index in [0.29, 0.717) is 12.8 Å². The second-order valence-corrected chi connectivity index (χ2v) is 8.40. The van der Waals surface area contributed by atoms with Gasteiger partial charge in [0.1, 0.15) is 0 Å². The van der Waals surface area contributed by atoms with E-state index in [-0.39, 0.29) is 57.5 Å². The average molecular weight is 389 g/mol. The van der Waals surface area contributed by atoms with Gasteiger partial charge in [-0.1, -0.05) is 78.1 Å². The molecule has 0 aromatic rings. The van der Waals surface area contributed by atoms with Gasteiger partial charge in [0.05, 0.1) is 16.2 Å². The van der Waals surface area contributed by atoms with Crippen LogP contribution in [-0.4, -0.2) is 29.4 Å². The number of aliphatic hydroxyl groups excluding tert-OH is 1. The van der Waals surface area contributed by atoms with Gasteiger partial charge in [-0.3, -0.25) is 0 Å². The van der Waals surface area contributed by atoms with Gasteiger partial charge in [-0.05, 0) is 25.7 Å². The van der Waals surface area contributed by atoms with Crippen LogP contribution in [0.4, 0.5) is 0 Å². The maximum absolute atomic E-state index is 11.3. The van der Waals surface area contributed by atoms with Crippen molar-refractivity contribution in [1.29, 1.82) is 0 Å². The van der Waals surface area contributed by atoms with Crippen LogP contribution in [0, 0.1) is 0 Å². The van der Waals surface area contributed by atoms with Crippen LogP contribution in [0.2, 0.25) is 0 Å². The van der Waals surface area contributed by atoms with E-state index in [1.54, 1.807) is 0 Å². The molecule has 0 radical (unpaired) electrons. The van der Waals surface area contributed by atoms with E-state index < -0.39 is 15.4 Å². The molecule has 0 heterocycles. The van der Waals surface area contributed by atoms with Crippen molar-refractivity contribution in [2.75, 3.05) is 0 Å². The van der Waals surface area contributed by atoms with E-state index in [1.165, 1.54) is 0 Å². The standard InChI is InChI=1S/C18H38O4S.K/c1-3-5-6-11-15-18(23(20,21)22)16-12-9-7-8-10-14-17(19)13-4-2;/h17-19H,3-16H2,1-2H3,(H,20,21,22);/q;+1/p-1. The van der Waals surface area contributed by atoms with Crippen molar-refractivity contribution in [3.05, 3.63) is 0 Å². The first kappa shape index (κ1) is 27.7. The summed E-state index contributed by atoms with van der Waals surface area (Å²) in [5.74, 6) is 0. The van der Waals surface area contributed by atoms with Crippen molar-refractivity contribution < 1.29 is 69.5 Å². The monoisotopic (exact) mass is 388 g/mol. The molecule has 0 saturated heterocycles. The van der Waals surface area contributed by atoms with Crippen molar-refractivity contribution in [3.63, 3.8) is 0 Å². The quantitative estimate of drug-likeness (QED) is 0.248. The Labute approximate surface area is 192 Å². The molecule has 0 spiro atoms. The summed E-state index contributed by atoms with van der Waals surface area (Å²) in [5, 5.41) is 8.94. The minimum Gasteiger partial charge on any atom is -0.748 e. The van der Waals surface area contributed by atoms with Gasteiger partial charge in [-0.25, -0.2) is 8.42 Å². The first-order valence-corrected chi connectivity index (χ1v) is 11.0. The molecule has 0 aliphatic rings. The molecule has 140 valence electrons. The topological polar surface area (TPSA) is 77.4 Å². The summed E-state index contributed by atoms with van der Waals surface area (Å²) in [7, 11) is -4.15. The van der Waals surface area contributed by atoms with E-state index in [1.807, 2.05) is 0 Å². The molecule has 0 aromatic carbocycles. The molecule has 0 saturated carbocycles. The Balaban J connectivity index is 0. The zero-order chi connectivity index (χ0) is 17.6. The summed E-state index contributed by atoms with van der Waals surface area (Å²) >= 11 is 0. The molecular weight excluding hydrogens is 351 g/mol. The molecule has 0 aromatic heterocycles. The van der Waals surface area contributed by atoms with Gasteiger partial charge in [0.15, 0.2) is 0 Å². The first-order chi connectivity index (χ1) is 10.9. The molecule has 0 bridgehead atoms. The van der Waals surface area contributed by atoms with Gasteiger partial charge < -0.3 is 9.66 Å². The number of hydrogen-bond acceptors (Lipinski definition) is 4. The molecule has 2 unspecified atom stereocenters. The Morgan fingerprint density at radius 3 is 1.67 bits per heavy atom. The molecular formula is C18H37KO4S. The Bertz CT molecular complexity index is 360. The summed E-state index contributed by atoms with van der Waals surface area (Å²) in [6.45, 7) is 4.19. The van der Waals surface area contributed by atoms with Crippen molar-refractivity contribution in [2.24, 2.45) is 0 Å². The Morgan fingerprint density at radius 2 is 1.21 bits per heavy atom. The van der Waals surface area contributed by atoms with E-state index >= 15 is 0 Å². The van der Waals surface area contributed by atoms with Gasteiger partial charge >= 0.3 is 51.4 Å². The zero-order valence-corrected chi connectivity index (χ0v) is 20.1. The number of rotatable bonds is 16. The summed E-state index contributed by atoms with van der Waals surface area (Å²) in [6, 6.07) is 0. The number of hydrogen-bond donors (Lipinski definition) is 1. The molecule has 0 amide bonds. The SMILES string of the molecule is CCCCCCC(CCCCCCCC(O)CCC)S(=O)(=O)[O-].[K+]. The first-order valence-electron chi connectivity index (χ1n) is 9.54.